The molecule has 0 bridgehead atoms. The summed E-state index contributed by atoms with van der Waals surface area (Å²) in [5, 5.41) is 2.75. The van der Waals surface area contributed by atoms with Crippen molar-refractivity contribution in [2.75, 3.05) is 26.5 Å². The van der Waals surface area contributed by atoms with Crippen molar-refractivity contribution in [2.45, 2.75) is 24.2 Å². The molecule has 28 heavy (non-hydrogen) atoms. The molecule has 0 fully saturated rings. The Morgan fingerprint density at radius 2 is 1.61 bits per heavy atom. The largest absolute Gasteiger partial charge is 0.497 e. The van der Waals surface area contributed by atoms with Gasteiger partial charge in [0.2, 0.25) is 5.91 Å². The predicted molar refractivity (Wildman–Crippen MR) is 111 cm³/mol. The summed E-state index contributed by atoms with van der Waals surface area (Å²) < 4.78 is 5.07. The Hall–Kier alpha value is -2.80. The summed E-state index contributed by atoms with van der Waals surface area (Å²) in [4.78, 5) is 38.2. The minimum atomic E-state index is -0.146. The number of benzene rings is 2. The van der Waals surface area contributed by atoms with E-state index in [1.54, 1.807) is 69.7 Å². The summed E-state index contributed by atoms with van der Waals surface area (Å²) in [6.07, 6.45) is 1.04. The Bertz CT molecular complexity index is 817. The predicted octanol–water partition coefficient (Wildman–Crippen LogP) is 4.46. The zero-order valence-electron chi connectivity index (χ0n) is 16.2. The third-order valence-corrected chi connectivity index (χ3v) is 4.98. The first-order chi connectivity index (χ1) is 13.4. The van der Waals surface area contributed by atoms with E-state index < -0.39 is 0 Å². The van der Waals surface area contributed by atoms with Crippen LogP contribution >= 0.6 is 11.8 Å². The minimum Gasteiger partial charge on any atom is -0.497 e. The van der Waals surface area contributed by atoms with E-state index in [-0.39, 0.29) is 23.4 Å². The molecular formula is C21H24N2O4S. The van der Waals surface area contributed by atoms with Gasteiger partial charge in [0, 0.05) is 43.1 Å². The number of ether oxygens (including phenoxy) is 1. The van der Waals surface area contributed by atoms with Crippen LogP contribution in [0.2, 0.25) is 0 Å². The monoisotopic (exact) mass is 400 g/mol. The van der Waals surface area contributed by atoms with E-state index in [2.05, 4.69) is 5.32 Å². The minimum absolute atomic E-state index is 0.00221. The van der Waals surface area contributed by atoms with Crippen molar-refractivity contribution < 1.29 is 19.1 Å². The van der Waals surface area contributed by atoms with Gasteiger partial charge in [-0.25, -0.2) is 0 Å². The fraction of sp³-hybridized carbons (Fsp3) is 0.286. The van der Waals surface area contributed by atoms with E-state index in [1.807, 2.05) is 0 Å². The molecule has 0 aliphatic rings. The Morgan fingerprint density at radius 3 is 2.18 bits per heavy atom. The van der Waals surface area contributed by atoms with E-state index in [0.717, 1.165) is 16.7 Å². The van der Waals surface area contributed by atoms with E-state index in [1.165, 1.54) is 4.90 Å². The zero-order chi connectivity index (χ0) is 20.5. The topological polar surface area (TPSA) is 75.7 Å². The van der Waals surface area contributed by atoms with E-state index in [4.69, 9.17) is 4.74 Å². The molecule has 0 unspecified atom stereocenters. The highest BCUT2D eigenvalue weighted by molar-refractivity contribution is 8.13. The molecule has 6 nitrogen and oxygen atoms in total. The second-order valence-electron chi connectivity index (χ2n) is 6.34. The molecule has 0 aliphatic carbocycles. The van der Waals surface area contributed by atoms with Crippen molar-refractivity contribution in [2.24, 2.45) is 0 Å². The summed E-state index contributed by atoms with van der Waals surface area (Å²) in [5.41, 5.74) is 1.27. The molecule has 0 heterocycles. The van der Waals surface area contributed by atoms with Crippen LogP contribution in [0.4, 0.5) is 10.5 Å². The maximum atomic E-state index is 12.2. The maximum absolute atomic E-state index is 12.2. The molecule has 0 saturated heterocycles. The lowest BCUT2D eigenvalue weighted by Crippen LogP contribution is -2.16. The van der Waals surface area contributed by atoms with Crippen LogP contribution in [0.3, 0.4) is 0 Å². The Balaban J connectivity index is 1.75. The van der Waals surface area contributed by atoms with Gasteiger partial charge in [0.1, 0.15) is 5.75 Å². The molecule has 148 valence electrons. The maximum Gasteiger partial charge on any atom is 0.285 e. The highest BCUT2D eigenvalue weighted by Crippen LogP contribution is 2.22. The summed E-state index contributed by atoms with van der Waals surface area (Å²) in [5.74, 6) is 0.557. The van der Waals surface area contributed by atoms with Gasteiger partial charge >= 0.3 is 0 Å². The number of ketones is 1. The molecule has 2 amide bonds. The van der Waals surface area contributed by atoms with Gasteiger partial charge in [-0.2, -0.15) is 0 Å². The average Bonchev–Trinajstić information content (AvgIpc) is 2.69. The molecule has 0 saturated carbocycles. The number of carbonyl (C=O) groups is 3. The molecule has 2 rings (SSSR count). The van der Waals surface area contributed by atoms with Crippen LogP contribution in [0.25, 0.3) is 0 Å². The molecule has 0 atom stereocenters. The van der Waals surface area contributed by atoms with Crippen LogP contribution < -0.4 is 10.1 Å². The van der Waals surface area contributed by atoms with Gasteiger partial charge in [-0.3, -0.25) is 14.4 Å². The van der Waals surface area contributed by atoms with E-state index >= 15 is 0 Å². The summed E-state index contributed by atoms with van der Waals surface area (Å²) >= 11 is 1.13. The van der Waals surface area contributed by atoms with E-state index in [9.17, 15) is 14.4 Å². The molecule has 2 aromatic carbocycles. The quantitative estimate of drug-likeness (QED) is 0.523. The standard InChI is InChI=1S/C21H24N2O4S/c1-23(2)21(26)28-18-13-9-16(10-14-18)22-20(25)6-4-5-19(24)15-7-11-17(27-3)12-8-15/h7-14H,4-6H2,1-3H3,(H,22,25). The van der Waals surface area contributed by atoms with Crippen molar-refractivity contribution in [3.8, 4) is 5.75 Å². The Labute approximate surface area is 169 Å². The van der Waals surface area contributed by atoms with Gasteiger partial charge in [0.05, 0.1) is 7.11 Å². The number of methoxy groups -OCH3 is 1. The number of carbonyl (C=O) groups excluding carboxylic acids is 3. The average molecular weight is 401 g/mol. The van der Waals surface area contributed by atoms with Gasteiger partial charge in [-0.05, 0) is 66.7 Å². The molecule has 0 aliphatic heterocycles. The van der Waals surface area contributed by atoms with Crippen molar-refractivity contribution in [1.29, 1.82) is 0 Å². The number of nitrogens with one attached hydrogen (secondary N) is 1. The second-order valence-corrected chi connectivity index (χ2v) is 7.36. The van der Waals surface area contributed by atoms with Crippen LogP contribution in [-0.4, -0.2) is 43.0 Å². The molecule has 1 N–H and O–H groups in total. The third kappa shape index (κ3) is 6.74. The molecular weight excluding hydrogens is 376 g/mol. The molecule has 0 radical (unpaired) electrons. The Kier molecular flexibility index (Phi) is 8.07. The highest BCUT2D eigenvalue weighted by atomic mass is 32.2. The van der Waals surface area contributed by atoms with Gasteiger partial charge in [-0.15, -0.1) is 0 Å². The lowest BCUT2D eigenvalue weighted by atomic mass is 10.1. The first-order valence-electron chi connectivity index (χ1n) is 8.85. The fourth-order valence-electron chi connectivity index (χ4n) is 2.35. The normalized spacial score (nSPS) is 10.2. The van der Waals surface area contributed by atoms with Crippen molar-refractivity contribution in [3.05, 3.63) is 54.1 Å². The summed E-state index contributed by atoms with van der Waals surface area (Å²) in [6.45, 7) is 0. The van der Waals surface area contributed by atoms with Crippen molar-refractivity contribution in [3.63, 3.8) is 0 Å². The zero-order valence-corrected chi connectivity index (χ0v) is 17.0. The summed E-state index contributed by atoms with van der Waals surface area (Å²) in [7, 11) is 4.97. The van der Waals surface area contributed by atoms with Gasteiger partial charge in [0.25, 0.3) is 5.24 Å². The second kappa shape index (κ2) is 10.5. The molecule has 2 aromatic rings. The first kappa shape index (κ1) is 21.5. The van der Waals surface area contributed by atoms with Crippen molar-refractivity contribution in [1.82, 2.24) is 4.90 Å². The first-order valence-corrected chi connectivity index (χ1v) is 9.67. The Morgan fingerprint density at radius 1 is 0.964 bits per heavy atom. The smallest absolute Gasteiger partial charge is 0.285 e. The van der Waals surface area contributed by atoms with Gasteiger partial charge < -0.3 is 15.0 Å². The van der Waals surface area contributed by atoms with Crippen molar-refractivity contribution >= 4 is 34.4 Å². The third-order valence-electron chi connectivity index (χ3n) is 3.93. The number of anilines is 1. The van der Waals surface area contributed by atoms with Crippen LogP contribution in [0, 0.1) is 0 Å². The van der Waals surface area contributed by atoms with Crippen LogP contribution in [0.15, 0.2) is 53.4 Å². The molecule has 0 aromatic heterocycles. The number of Topliss-reactive ketones (excluding diaryl/α,β-unsaturated/α-hetero) is 1. The lowest BCUT2D eigenvalue weighted by molar-refractivity contribution is -0.116. The number of nitrogens with zero attached hydrogens (tertiary/aromatic N) is 1. The number of rotatable bonds is 8. The number of thioether (sulfide) groups is 1. The number of amides is 2. The number of hydrogen-bond acceptors (Lipinski definition) is 5. The van der Waals surface area contributed by atoms with Crippen LogP contribution in [-0.2, 0) is 4.79 Å². The van der Waals surface area contributed by atoms with Gasteiger partial charge in [-0.1, -0.05) is 0 Å². The SMILES string of the molecule is COc1ccc(C(=O)CCCC(=O)Nc2ccc(SC(=O)N(C)C)cc2)cc1. The van der Waals surface area contributed by atoms with Gasteiger partial charge in [0.15, 0.2) is 5.78 Å². The highest BCUT2D eigenvalue weighted by Gasteiger charge is 2.09. The fourth-order valence-corrected chi connectivity index (χ4v) is 3.01. The summed E-state index contributed by atoms with van der Waals surface area (Å²) in [6, 6.07) is 14.0. The van der Waals surface area contributed by atoms with Crippen LogP contribution in [0.5, 0.6) is 5.75 Å². The lowest BCUT2D eigenvalue weighted by Gasteiger charge is -2.10. The molecule has 7 heteroatoms. The molecule has 0 spiro atoms. The number of hydrogen-bond donors (Lipinski definition) is 1. The van der Waals surface area contributed by atoms with Crippen LogP contribution in [0.1, 0.15) is 29.6 Å². The van der Waals surface area contributed by atoms with E-state index in [0.29, 0.717) is 29.8 Å².